The Morgan fingerprint density at radius 1 is 1.08 bits per heavy atom. The first-order valence-electron chi connectivity index (χ1n) is 12.2. The first-order chi connectivity index (χ1) is 18.5. The van der Waals surface area contributed by atoms with Crippen LogP contribution in [0.4, 0.5) is 10.1 Å². The van der Waals surface area contributed by atoms with Gasteiger partial charge in [0.2, 0.25) is 5.91 Å². The molecule has 0 aliphatic heterocycles. The highest BCUT2D eigenvalue weighted by atomic mass is 19.1. The van der Waals surface area contributed by atoms with Crippen LogP contribution < -0.4 is 10.9 Å². The normalized spacial score (nSPS) is 14.1. The lowest BCUT2D eigenvalue weighted by molar-refractivity contribution is -0.124. The van der Waals surface area contributed by atoms with Crippen LogP contribution in [0.2, 0.25) is 0 Å². The van der Waals surface area contributed by atoms with Crippen molar-refractivity contribution >= 4 is 11.6 Å². The SMILES string of the molecule is O=C(Nc1cnc(-c2cc(-c3ccon3)n(Cc3ccccc3F)n2)[nH]c1=O)C1(c2ccccc2)CCC1. The monoisotopic (exact) mass is 510 g/mol. The highest BCUT2D eigenvalue weighted by Crippen LogP contribution is 2.44. The topological polar surface area (TPSA) is 119 Å². The van der Waals surface area contributed by atoms with E-state index in [1.54, 1.807) is 35.0 Å². The van der Waals surface area contributed by atoms with Crippen molar-refractivity contribution < 1.29 is 13.7 Å². The Bertz CT molecular complexity index is 1660. The summed E-state index contributed by atoms with van der Waals surface area (Å²) >= 11 is 0. The molecule has 9 nitrogen and oxygen atoms in total. The molecule has 1 amide bonds. The number of benzene rings is 2. The molecule has 0 radical (unpaired) electrons. The summed E-state index contributed by atoms with van der Waals surface area (Å²) in [5.74, 6) is -0.383. The van der Waals surface area contributed by atoms with Crippen molar-refractivity contribution in [2.45, 2.75) is 31.2 Å². The van der Waals surface area contributed by atoms with Crippen LogP contribution in [-0.2, 0) is 16.8 Å². The second-order valence-corrected chi connectivity index (χ2v) is 9.28. The number of carbonyl (C=O) groups excluding carboxylic acids is 1. The summed E-state index contributed by atoms with van der Waals surface area (Å²) in [5, 5.41) is 11.3. The zero-order chi connectivity index (χ0) is 26.1. The summed E-state index contributed by atoms with van der Waals surface area (Å²) in [5.41, 5.74) is 1.70. The number of hydrogen-bond donors (Lipinski definition) is 2. The van der Waals surface area contributed by atoms with E-state index in [1.165, 1.54) is 18.5 Å². The Balaban J connectivity index is 1.29. The van der Waals surface area contributed by atoms with Crippen LogP contribution in [0, 0.1) is 5.82 Å². The number of halogens is 1. The Kier molecular flexibility index (Phi) is 5.91. The maximum atomic E-state index is 14.3. The highest BCUT2D eigenvalue weighted by molar-refractivity contribution is 5.99. The molecule has 3 aromatic heterocycles. The number of carbonyl (C=O) groups is 1. The molecule has 1 fully saturated rings. The Hall–Kier alpha value is -4.86. The van der Waals surface area contributed by atoms with Gasteiger partial charge in [-0.2, -0.15) is 5.10 Å². The quantitative estimate of drug-likeness (QED) is 0.332. The number of aromatic nitrogens is 5. The van der Waals surface area contributed by atoms with E-state index in [0.717, 1.165) is 24.8 Å². The van der Waals surface area contributed by atoms with Gasteiger partial charge in [0.15, 0.2) is 5.82 Å². The number of amides is 1. The van der Waals surface area contributed by atoms with E-state index < -0.39 is 11.0 Å². The number of rotatable bonds is 7. The summed E-state index contributed by atoms with van der Waals surface area (Å²) in [7, 11) is 0. The van der Waals surface area contributed by atoms with E-state index >= 15 is 0 Å². The zero-order valence-electron chi connectivity index (χ0n) is 20.2. The predicted octanol–water partition coefficient (Wildman–Crippen LogP) is 4.54. The van der Waals surface area contributed by atoms with E-state index in [4.69, 9.17) is 4.52 Å². The Labute approximate surface area is 216 Å². The van der Waals surface area contributed by atoms with Crippen LogP contribution in [0.25, 0.3) is 22.9 Å². The average Bonchev–Trinajstić information content (AvgIpc) is 3.57. The van der Waals surface area contributed by atoms with Crippen molar-refractivity contribution in [1.29, 1.82) is 0 Å². The molecule has 0 bridgehead atoms. The number of H-pyrrole nitrogens is 1. The molecule has 3 heterocycles. The van der Waals surface area contributed by atoms with Gasteiger partial charge in [0.1, 0.15) is 29.2 Å². The lowest BCUT2D eigenvalue weighted by Gasteiger charge is -2.40. The number of hydrogen-bond acceptors (Lipinski definition) is 6. The molecule has 0 spiro atoms. The molecule has 1 aliphatic carbocycles. The summed E-state index contributed by atoms with van der Waals surface area (Å²) in [6.45, 7) is 0.134. The fraction of sp³-hybridized carbons (Fsp3) is 0.179. The van der Waals surface area contributed by atoms with Crippen molar-refractivity contribution in [2.75, 3.05) is 5.32 Å². The lowest BCUT2D eigenvalue weighted by atomic mass is 9.64. The predicted molar refractivity (Wildman–Crippen MR) is 138 cm³/mol. The molecular formula is C28H23FN6O3. The van der Waals surface area contributed by atoms with Gasteiger partial charge in [0.25, 0.3) is 5.56 Å². The Morgan fingerprint density at radius 2 is 1.87 bits per heavy atom. The summed E-state index contributed by atoms with van der Waals surface area (Å²) in [6.07, 6.45) is 5.14. The fourth-order valence-corrected chi connectivity index (χ4v) is 4.78. The summed E-state index contributed by atoms with van der Waals surface area (Å²) in [6, 6.07) is 19.4. The molecule has 5 aromatic rings. The van der Waals surface area contributed by atoms with Crippen molar-refractivity contribution in [3.8, 4) is 22.9 Å². The average molecular weight is 511 g/mol. The smallest absolute Gasteiger partial charge is 0.274 e. The van der Waals surface area contributed by atoms with Gasteiger partial charge in [0, 0.05) is 11.6 Å². The van der Waals surface area contributed by atoms with Gasteiger partial charge < -0.3 is 14.8 Å². The van der Waals surface area contributed by atoms with Crippen LogP contribution in [0.3, 0.4) is 0 Å². The molecule has 10 heteroatoms. The molecule has 6 rings (SSSR count). The summed E-state index contributed by atoms with van der Waals surface area (Å²) < 4.78 is 20.9. The maximum Gasteiger partial charge on any atom is 0.274 e. The molecule has 1 saturated carbocycles. The van der Waals surface area contributed by atoms with E-state index in [-0.39, 0.29) is 29.8 Å². The third kappa shape index (κ3) is 4.19. The number of anilines is 1. The molecule has 2 aromatic carbocycles. The third-order valence-corrected chi connectivity index (χ3v) is 7.02. The highest BCUT2D eigenvalue weighted by Gasteiger charge is 2.45. The molecule has 1 aliphatic rings. The van der Waals surface area contributed by atoms with Gasteiger partial charge in [-0.25, -0.2) is 9.37 Å². The molecule has 0 saturated heterocycles. The molecule has 2 N–H and O–H groups in total. The minimum absolute atomic E-state index is 0.0588. The first kappa shape index (κ1) is 23.5. The van der Waals surface area contributed by atoms with Gasteiger partial charge in [0.05, 0.1) is 23.9 Å². The van der Waals surface area contributed by atoms with Crippen LogP contribution in [0.5, 0.6) is 0 Å². The minimum atomic E-state index is -0.648. The van der Waals surface area contributed by atoms with Gasteiger partial charge in [-0.05, 0) is 30.5 Å². The molecule has 190 valence electrons. The minimum Gasteiger partial charge on any atom is -0.364 e. The maximum absolute atomic E-state index is 14.3. The van der Waals surface area contributed by atoms with Crippen LogP contribution in [0.1, 0.15) is 30.4 Å². The standard InChI is InChI=1S/C28H23FN6O3/c29-20-10-5-4-7-18(20)17-35-24(21-11-14-38-34-21)15-22(33-35)25-30-16-23(26(36)32-25)31-27(37)28(12-6-13-28)19-8-2-1-3-9-19/h1-5,7-11,14-16H,6,12-13,17H2,(H,31,37)(H,30,32,36). The van der Waals surface area contributed by atoms with Gasteiger partial charge >= 0.3 is 0 Å². The van der Waals surface area contributed by atoms with Crippen LogP contribution in [0.15, 0.2) is 88.5 Å². The van der Waals surface area contributed by atoms with Crippen LogP contribution in [-0.4, -0.2) is 30.8 Å². The van der Waals surface area contributed by atoms with Crippen molar-refractivity contribution in [2.24, 2.45) is 0 Å². The van der Waals surface area contributed by atoms with E-state index in [0.29, 0.717) is 22.6 Å². The first-order valence-corrected chi connectivity index (χ1v) is 12.2. The van der Waals surface area contributed by atoms with E-state index in [1.807, 2.05) is 30.3 Å². The second kappa shape index (κ2) is 9.55. The fourth-order valence-electron chi connectivity index (χ4n) is 4.78. The molecule has 38 heavy (non-hydrogen) atoms. The Morgan fingerprint density at radius 3 is 2.55 bits per heavy atom. The van der Waals surface area contributed by atoms with Gasteiger partial charge in [-0.1, -0.05) is 60.1 Å². The third-order valence-electron chi connectivity index (χ3n) is 7.02. The van der Waals surface area contributed by atoms with Gasteiger partial charge in [-0.3, -0.25) is 14.3 Å². The molecule has 0 atom stereocenters. The lowest BCUT2D eigenvalue weighted by Crippen LogP contribution is -2.46. The summed E-state index contributed by atoms with van der Waals surface area (Å²) in [4.78, 5) is 33.3. The van der Waals surface area contributed by atoms with E-state index in [9.17, 15) is 14.0 Å². The van der Waals surface area contributed by atoms with Crippen LogP contribution >= 0.6 is 0 Å². The van der Waals surface area contributed by atoms with Crippen molar-refractivity contribution in [3.05, 3.63) is 106 Å². The number of nitrogens with one attached hydrogen (secondary N) is 2. The molecular weight excluding hydrogens is 487 g/mol. The second-order valence-electron chi connectivity index (χ2n) is 9.28. The number of nitrogens with zero attached hydrogens (tertiary/aromatic N) is 4. The largest absolute Gasteiger partial charge is 0.364 e. The zero-order valence-corrected chi connectivity index (χ0v) is 20.2. The molecule has 0 unspecified atom stereocenters. The van der Waals surface area contributed by atoms with Gasteiger partial charge in [-0.15, -0.1) is 0 Å². The number of aromatic amines is 1. The van der Waals surface area contributed by atoms with Crippen molar-refractivity contribution in [1.82, 2.24) is 24.9 Å². The van der Waals surface area contributed by atoms with E-state index in [2.05, 4.69) is 25.5 Å². The van der Waals surface area contributed by atoms with Crippen molar-refractivity contribution in [3.63, 3.8) is 0 Å².